The molecule has 8 aromatic carbocycles. The molecule has 3 aromatic heterocycles. The maximum Gasteiger partial charge on any atom is 0.139 e. The van der Waals surface area contributed by atoms with Crippen LogP contribution >= 0.6 is 0 Å². The zero-order valence-corrected chi connectivity index (χ0v) is 27.5. The first-order chi connectivity index (χ1) is 25.2. The second-order valence-corrected chi connectivity index (χ2v) is 13.3. The van der Waals surface area contributed by atoms with Crippen molar-refractivity contribution in [1.29, 1.82) is 0 Å². The van der Waals surface area contributed by atoms with Gasteiger partial charge in [0.1, 0.15) is 22.3 Å². The molecule has 0 aliphatic rings. The fraction of sp³-hybridized carbons (Fsp3) is 0. The molecule has 51 heavy (non-hydrogen) atoms. The summed E-state index contributed by atoms with van der Waals surface area (Å²) >= 11 is 0. The first kappa shape index (κ1) is 28.0. The lowest BCUT2D eigenvalue weighted by atomic mass is 9.99. The molecule has 3 heteroatoms. The van der Waals surface area contributed by atoms with Crippen molar-refractivity contribution >= 4 is 65.7 Å². The smallest absolute Gasteiger partial charge is 0.139 e. The van der Waals surface area contributed by atoms with E-state index in [2.05, 4.69) is 168 Å². The lowest BCUT2D eigenvalue weighted by Crippen LogP contribution is -1.93. The lowest BCUT2D eigenvalue weighted by Gasteiger charge is -2.08. The number of rotatable bonds is 4. The van der Waals surface area contributed by atoms with Gasteiger partial charge in [-0.25, -0.2) is 0 Å². The molecule has 0 saturated carbocycles. The van der Waals surface area contributed by atoms with Crippen LogP contribution < -0.4 is 0 Å². The van der Waals surface area contributed by atoms with Gasteiger partial charge in [0.2, 0.25) is 0 Å². The van der Waals surface area contributed by atoms with Crippen LogP contribution in [0, 0.1) is 0 Å². The number of hydrogen-bond acceptors (Lipinski definition) is 2. The van der Waals surface area contributed by atoms with Gasteiger partial charge in [-0.05, 0) is 100 Å². The summed E-state index contributed by atoms with van der Waals surface area (Å²) < 4.78 is 15.3. The fourth-order valence-electron chi connectivity index (χ4n) is 7.90. The summed E-state index contributed by atoms with van der Waals surface area (Å²) in [5.41, 5.74) is 13.9. The lowest BCUT2D eigenvalue weighted by molar-refractivity contribution is 0.656. The molecule has 11 aromatic rings. The van der Waals surface area contributed by atoms with Gasteiger partial charge >= 0.3 is 0 Å². The monoisotopic (exact) mass is 651 g/mol. The summed E-state index contributed by atoms with van der Waals surface area (Å²) in [4.78, 5) is 0. The van der Waals surface area contributed by atoms with Crippen LogP contribution in [0.4, 0.5) is 0 Å². The summed E-state index contributed by atoms with van der Waals surface area (Å²) in [6.45, 7) is 0. The Kier molecular flexibility index (Phi) is 5.96. The van der Waals surface area contributed by atoms with Gasteiger partial charge in [-0.15, -0.1) is 0 Å². The van der Waals surface area contributed by atoms with Crippen LogP contribution in [0.5, 0.6) is 0 Å². The van der Waals surface area contributed by atoms with E-state index in [1.54, 1.807) is 0 Å². The summed E-state index contributed by atoms with van der Waals surface area (Å²) in [7, 11) is 0. The number of aromatic nitrogens is 1. The Balaban J connectivity index is 1.05. The third-order valence-electron chi connectivity index (χ3n) is 10.4. The minimum atomic E-state index is 0.826. The van der Waals surface area contributed by atoms with Gasteiger partial charge in [0.05, 0.1) is 11.0 Å². The molecule has 11 rings (SSSR count). The Bertz CT molecular complexity index is 3110. The minimum Gasteiger partial charge on any atom is -0.456 e. The minimum absolute atomic E-state index is 0.826. The highest BCUT2D eigenvalue weighted by molar-refractivity contribution is 6.16. The molecule has 0 fully saturated rings. The zero-order valence-electron chi connectivity index (χ0n) is 27.5. The SMILES string of the molecule is c1ccc(-c2ccc3c(c2)oc2cc4oc5cc(-c6ccc7c(c6)c6cc(-c8ccccc8)ccc6n7-c6ccccc6)ccc5c4cc23)cc1. The molecule has 238 valence electrons. The first-order valence-electron chi connectivity index (χ1n) is 17.3. The Hall–Kier alpha value is -6.84. The Morgan fingerprint density at radius 2 is 0.686 bits per heavy atom. The zero-order chi connectivity index (χ0) is 33.5. The number of para-hydroxylation sites is 1. The van der Waals surface area contributed by atoms with Crippen LogP contribution in [0.2, 0.25) is 0 Å². The number of fused-ring (bicyclic) bond motifs is 9. The van der Waals surface area contributed by atoms with Crippen LogP contribution in [0.1, 0.15) is 0 Å². The molecule has 0 N–H and O–H groups in total. The molecule has 3 heterocycles. The van der Waals surface area contributed by atoms with E-state index in [0.29, 0.717) is 0 Å². The van der Waals surface area contributed by atoms with E-state index >= 15 is 0 Å². The van der Waals surface area contributed by atoms with E-state index in [-0.39, 0.29) is 0 Å². The normalized spacial score (nSPS) is 11.9. The number of furan rings is 2. The quantitative estimate of drug-likeness (QED) is 0.190. The van der Waals surface area contributed by atoms with Crippen molar-refractivity contribution in [2.75, 3.05) is 0 Å². The van der Waals surface area contributed by atoms with Crippen molar-refractivity contribution in [3.8, 4) is 39.1 Å². The van der Waals surface area contributed by atoms with Gasteiger partial charge < -0.3 is 13.4 Å². The average molecular weight is 652 g/mol. The molecule has 0 atom stereocenters. The third-order valence-corrected chi connectivity index (χ3v) is 10.4. The molecule has 3 nitrogen and oxygen atoms in total. The first-order valence-corrected chi connectivity index (χ1v) is 17.3. The van der Waals surface area contributed by atoms with Crippen LogP contribution in [0.25, 0.3) is 105 Å². The summed E-state index contributed by atoms with van der Waals surface area (Å²) in [6, 6.07) is 62.6. The average Bonchev–Trinajstić information content (AvgIpc) is 3.85. The highest BCUT2D eigenvalue weighted by Gasteiger charge is 2.17. The van der Waals surface area contributed by atoms with E-state index in [1.165, 1.54) is 38.5 Å². The molecular weight excluding hydrogens is 623 g/mol. The maximum atomic E-state index is 6.53. The largest absolute Gasteiger partial charge is 0.456 e. The van der Waals surface area contributed by atoms with Gasteiger partial charge in [-0.3, -0.25) is 0 Å². The Labute approximate surface area is 293 Å². The summed E-state index contributed by atoms with van der Waals surface area (Å²) in [5, 5.41) is 6.84. The second-order valence-electron chi connectivity index (χ2n) is 13.3. The van der Waals surface area contributed by atoms with Crippen molar-refractivity contribution in [3.05, 3.63) is 176 Å². The van der Waals surface area contributed by atoms with E-state index < -0.39 is 0 Å². The van der Waals surface area contributed by atoms with Crippen molar-refractivity contribution in [2.45, 2.75) is 0 Å². The molecule has 0 spiro atoms. The molecule has 0 amide bonds. The standard InChI is InChI=1S/C48H29NO2/c1-4-10-30(11-5-1)32-18-22-43-39(24-32)40-25-33(19-23-44(40)49(43)36-14-8-3-9-15-36)35-17-21-38-42-28-41-37-20-16-34(31-12-6-2-7-13-31)26-45(37)50-47(41)29-48(42)51-46(38)27-35/h1-29H. The van der Waals surface area contributed by atoms with E-state index in [4.69, 9.17) is 8.83 Å². The molecule has 0 saturated heterocycles. The van der Waals surface area contributed by atoms with Gasteiger partial charge in [0.25, 0.3) is 0 Å². The highest BCUT2D eigenvalue weighted by atomic mass is 16.3. The van der Waals surface area contributed by atoms with Crippen LogP contribution in [0.3, 0.4) is 0 Å². The molecule has 0 unspecified atom stereocenters. The summed E-state index contributed by atoms with van der Waals surface area (Å²) in [6.07, 6.45) is 0. The van der Waals surface area contributed by atoms with Crippen molar-refractivity contribution < 1.29 is 8.83 Å². The van der Waals surface area contributed by atoms with Gasteiger partial charge in [-0.1, -0.05) is 103 Å². The predicted molar refractivity (Wildman–Crippen MR) is 212 cm³/mol. The topological polar surface area (TPSA) is 31.2 Å². The number of nitrogens with zero attached hydrogens (tertiary/aromatic N) is 1. The number of benzene rings is 8. The Morgan fingerprint density at radius 3 is 1.22 bits per heavy atom. The molecular formula is C48H29NO2. The predicted octanol–water partition coefficient (Wildman–Crippen LogP) is 13.6. The van der Waals surface area contributed by atoms with Gasteiger partial charge in [0.15, 0.2) is 0 Å². The number of hydrogen-bond donors (Lipinski definition) is 0. The van der Waals surface area contributed by atoms with Crippen molar-refractivity contribution in [3.63, 3.8) is 0 Å². The van der Waals surface area contributed by atoms with E-state index in [0.717, 1.165) is 66.3 Å². The second kappa shape index (κ2) is 10.8. The van der Waals surface area contributed by atoms with Crippen molar-refractivity contribution in [1.82, 2.24) is 4.57 Å². The third kappa shape index (κ3) is 4.38. The molecule has 0 aliphatic heterocycles. The van der Waals surface area contributed by atoms with E-state index in [9.17, 15) is 0 Å². The summed E-state index contributed by atoms with van der Waals surface area (Å²) in [5.74, 6) is 0. The molecule has 0 radical (unpaired) electrons. The fourth-order valence-corrected chi connectivity index (χ4v) is 7.90. The van der Waals surface area contributed by atoms with Crippen molar-refractivity contribution in [2.24, 2.45) is 0 Å². The van der Waals surface area contributed by atoms with Crippen LogP contribution in [-0.4, -0.2) is 4.57 Å². The van der Waals surface area contributed by atoms with Gasteiger partial charge in [-0.2, -0.15) is 0 Å². The van der Waals surface area contributed by atoms with Gasteiger partial charge in [0, 0.05) is 44.1 Å². The van der Waals surface area contributed by atoms with E-state index in [1.807, 2.05) is 12.1 Å². The highest BCUT2D eigenvalue weighted by Crippen LogP contribution is 2.41. The Morgan fingerprint density at radius 1 is 0.275 bits per heavy atom. The molecule has 0 aliphatic carbocycles. The molecule has 0 bridgehead atoms. The van der Waals surface area contributed by atoms with Crippen LogP contribution in [0.15, 0.2) is 185 Å². The maximum absolute atomic E-state index is 6.53. The van der Waals surface area contributed by atoms with Crippen LogP contribution in [-0.2, 0) is 0 Å².